The van der Waals surface area contributed by atoms with E-state index in [4.69, 9.17) is 14.2 Å². The average molecular weight is 427 g/mol. The number of benzene rings is 2. The van der Waals surface area contributed by atoms with Crippen molar-refractivity contribution in [2.75, 3.05) is 26.1 Å². The molecular weight excluding hydrogens is 396 g/mol. The molecule has 31 heavy (non-hydrogen) atoms. The van der Waals surface area contributed by atoms with Gasteiger partial charge < -0.3 is 19.1 Å². The number of likely N-dealkylation sites (tertiary alicyclic amines) is 1. The molecule has 0 radical (unpaired) electrons. The molecule has 0 aromatic heterocycles. The molecule has 1 unspecified atom stereocenters. The number of anilines is 1. The smallest absolute Gasteiger partial charge is 0.412 e. The van der Waals surface area contributed by atoms with E-state index < -0.39 is 11.7 Å². The van der Waals surface area contributed by atoms with Gasteiger partial charge in [-0.15, -0.1) is 0 Å². The van der Waals surface area contributed by atoms with Crippen LogP contribution in [0.2, 0.25) is 0 Å². The van der Waals surface area contributed by atoms with Crippen LogP contribution < -0.4 is 14.8 Å². The lowest BCUT2D eigenvalue weighted by Crippen LogP contribution is -2.31. The van der Waals surface area contributed by atoms with Crippen LogP contribution in [0.15, 0.2) is 42.5 Å². The molecular formula is C24H30N2O5. The minimum atomic E-state index is -0.601. The minimum Gasteiger partial charge on any atom is -0.497 e. The largest absolute Gasteiger partial charge is 0.497 e. The van der Waals surface area contributed by atoms with Crippen molar-refractivity contribution in [1.82, 2.24) is 4.90 Å². The Hall–Kier alpha value is -3.22. The third kappa shape index (κ3) is 5.48. The topological polar surface area (TPSA) is 77.1 Å². The highest BCUT2D eigenvalue weighted by atomic mass is 16.6. The SMILES string of the molecule is COc1ccc(OC)c(C2CCCN2C(=O)c2cccc(NC(=O)OC(C)(C)C)c2)c1. The lowest BCUT2D eigenvalue weighted by atomic mass is 10.0. The second-order valence-electron chi connectivity index (χ2n) is 8.47. The van der Waals surface area contributed by atoms with E-state index in [0.717, 1.165) is 29.9 Å². The Labute approximate surface area is 183 Å². The molecule has 1 heterocycles. The monoisotopic (exact) mass is 426 g/mol. The number of nitrogens with one attached hydrogen (secondary N) is 1. The fourth-order valence-corrected chi connectivity index (χ4v) is 3.75. The summed E-state index contributed by atoms with van der Waals surface area (Å²) in [5, 5.41) is 2.69. The van der Waals surface area contributed by atoms with Gasteiger partial charge in [0.15, 0.2) is 0 Å². The van der Waals surface area contributed by atoms with Crippen LogP contribution in [0.1, 0.15) is 55.6 Å². The fourth-order valence-electron chi connectivity index (χ4n) is 3.75. The van der Waals surface area contributed by atoms with E-state index in [1.54, 1.807) is 59.3 Å². The van der Waals surface area contributed by atoms with Crippen LogP contribution in [0.25, 0.3) is 0 Å². The number of carbonyl (C=O) groups is 2. The maximum absolute atomic E-state index is 13.4. The first-order chi connectivity index (χ1) is 14.7. The molecule has 0 aliphatic carbocycles. The summed E-state index contributed by atoms with van der Waals surface area (Å²) < 4.78 is 16.2. The van der Waals surface area contributed by atoms with E-state index in [1.165, 1.54) is 0 Å². The summed E-state index contributed by atoms with van der Waals surface area (Å²) in [5.74, 6) is 1.35. The Kier molecular flexibility index (Phi) is 6.73. The van der Waals surface area contributed by atoms with Crippen molar-refractivity contribution >= 4 is 17.7 Å². The number of ether oxygens (including phenoxy) is 3. The summed E-state index contributed by atoms with van der Waals surface area (Å²) in [7, 11) is 3.24. The highest BCUT2D eigenvalue weighted by Gasteiger charge is 2.33. The van der Waals surface area contributed by atoms with Crippen molar-refractivity contribution in [1.29, 1.82) is 0 Å². The molecule has 0 bridgehead atoms. The quantitative estimate of drug-likeness (QED) is 0.726. The van der Waals surface area contributed by atoms with Gasteiger partial charge >= 0.3 is 6.09 Å². The molecule has 0 saturated carbocycles. The number of hydrogen-bond donors (Lipinski definition) is 1. The summed E-state index contributed by atoms with van der Waals surface area (Å²) >= 11 is 0. The molecule has 1 saturated heterocycles. The van der Waals surface area contributed by atoms with Crippen molar-refractivity contribution in [3.63, 3.8) is 0 Å². The first-order valence-corrected chi connectivity index (χ1v) is 10.3. The van der Waals surface area contributed by atoms with Crippen LogP contribution in [0.4, 0.5) is 10.5 Å². The van der Waals surface area contributed by atoms with Crippen LogP contribution in [0, 0.1) is 0 Å². The van der Waals surface area contributed by atoms with Crippen LogP contribution in [-0.4, -0.2) is 43.3 Å². The Morgan fingerprint density at radius 2 is 1.84 bits per heavy atom. The third-order valence-electron chi connectivity index (χ3n) is 5.06. The van der Waals surface area contributed by atoms with Crippen LogP contribution >= 0.6 is 0 Å². The normalized spacial score (nSPS) is 16.0. The van der Waals surface area contributed by atoms with Crippen molar-refractivity contribution < 1.29 is 23.8 Å². The second kappa shape index (κ2) is 9.29. The highest BCUT2D eigenvalue weighted by molar-refractivity contribution is 5.96. The summed E-state index contributed by atoms with van der Waals surface area (Å²) in [5.41, 5.74) is 1.34. The zero-order valence-electron chi connectivity index (χ0n) is 18.7. The van der Waals surface area contributed by atoms with Crippen LogP contribution in [0.3, 0.4) is 0 Å². The molecule has 2 amide bonds. The van der Waals surface area contributed by atoms with Gasteiger partial charge in [0.25, 0.3) is 5.91 Å². The summed E-state index contributed by atoms with van der Waals surface area (Å²) in [6, 6.07) is 12.4. The molecule has 2 aromatic carbocycles. The summed E-state index contributed by atoms with van der Waals surface area (Å²) in [6.07, 6.45) is 1.18. The van der Waals surface area contributed by atoms with Gasteiger partial charge in [-0.25, -0.2) is 4.79 Å². The molecule has 1 aliphatic heterocycles. The lowest BCUT2D eigenvalue weighted by molar-refractivity contribution is 0.0634. The molecule has 7 heteroatoms. The van der Waals surface area contributed by atoms with Gasteiger partial charge in [0, 0.05) is 23.4 Å². The van der Waals surface area contributed by atoms with Gasteiger partial charge in [-0.05, 0) is 70.0 Å². The van der Waals surface area contributed by atoms with E-state index >= 15 is 0 Å². The van der Waals surface area contributed by atoms with Crippen molar-refractivity contribution in [2.24, 2.45) is 0 Å². The summed E-state index contributed by atoms with van der Waals surface area (Å²) in [6.45, 7) is 6.04. The van der Waals surface area contributed by atoms with E-state index in [0.29, 0.717) is 17.8 Å². The van der Waals surface area contributed by atoms with E-state index in [1.807, 2.05) is 23.1 Å². The van der Waals surface area contributed by atoms with Gasteiger partial charge in [-0.1, -0.05) is 6.07 Å². The number of rotatable bonds is 5. The second-order valence-corrected chi connectivity index (χ2v) is 8.47. The number of nitrogens with zero attached hydrogens (tertiary/aromatic N) is 1. The zero-order chi connectivity index (χ0) is 22.6. The first-order valence-electron chi connectivity index (χ1n) is 10.3. The first kappa shape index (κ1) is 22.5. The molecule has 7 nitrogen and oxygen atoms in total. The van der Waals surface area contributed by atoms with Crippen molar-refractivity contribution in [3.05, 3.63) is 53.6 Å². The molecule has 0 spiro atoms. The Balaban J connectivity index is 1.82. The standard InChI is InChI=1S/C24H30N2O5/c1-24(2,3)31-23(28)25-17-9-6-8-16(14-17)22(27)26-13-7-10-20(26)19-15-18(29-4)11-12-21(19)30-5/h6,8-9,11-12,14-15,20H,7,10,13H2,1-5H3,(H,25,28). The fraction of sp³-hybridized carbons (Fsp3) is 0.417. The summed E-state index contributed by atoms with van der Waals surface area (Å²) in [4.78, 5) is 27.3. The molecule has 2 aromatic rings. The molecule has 1 atom stereocenters. The van der Waals surface area contributed by atoms with Gasteiger partial charge in [-0.3, -0.25) is 10.1 Å². The predicted molar refractivity (Wildman–Crippen MR) is 119 cm³/mol. The third-order valence-corrected chi connectivity index (χ3v) is 5.06. The van der Waals surface area contributed by atoms with Crippen LogP contribution in [0.5, 0.6) is 11.5 Å². The predicted octanol–water partition coefficient (Wildman–Crippen LogP) is 5.03. The molecule has 166 valence electrons. The highest BCUT2D eigenvalue weighted by Crippen LogP contribution is 2.39. The van der Waals surface area contributed by atoms with Gasteiger partial charge in [-0.2, -0.15) is 0 Å². The minimum absolute atomic E-state index is 0.0970. The van der Waals surface area contributed by atoms with Gasteiger partial charge in [0.1, 0.15) is 17.1 Å². The van der Waals surface area contributed by atoms with Gasteiger partial charge in [0.05, 0.1) is 20.3 Å². The molecule has 1 fully saturated rings. The number of carbonyl (C=O) groups excluding carboxylic acids is 2. The van der Waals surface area contributed by atoms with Crippen LogP contribution in [-0.2, 0) is 4.74 Å². The van der Waals surface area contributed by atoms with E-state index in [-0.39, 0.29) is 11.9 Å². The van der Waals surface area contributed by atoms with Crippen molar-refractivity contribution in [2.45, 2.75) is 45.3 Å². The Morgan fingerprint density at radius 1 is 1.06 bits per heavy atom. The number of hydrogen-bond acceptors (Lipinski definition) is 5. The van der Waals surface area contributed by atoms with E-state index in [9.17, 15) is 9.59 Å². The molecule has 3 rings (SSSR count). The van der Waals surface area contributed by atoms with Crippen molar-refractivity contribution in [3.8, 4) is 11.5 Å². The maximum Gasteiger partial charge on any atom is 0.412 e. The molecule has 1 N–H and O–H groups in total. The molecule has 1 aliphatic rings. The van der Waals surface area contributed by atoms with E-state index in [2.05, 4.69) is 5.32 Å². The number of amides is 2. The Morgan fingerprint density at radius 3 is 2.52 bits per heavy atom. The average Bonchev–Trinajstić information content (AvgIpc) is 3.21. The zero-order valence-corrected chi connectivity index (χ0v) is 18.7. The number of methoxy groups -OCH3 is 2. The van der Waals surface area contributed by atoms with Gasteiger partial charge in [0.2, 0.25) is 0 Å². The maximum atomic E-state index is 13.4. The lowest BCUT2D eigenvalue weighted by Gasteiger charge is -2.27. The Bertz CT molecular complexity index is 951.